The second-order valence-electron chi connectivity index (χ2n) is 5.26. The van der Waals surface area contributed by atoms with Gasteiger partial charge in [-0.15, -0.1) is 0 Å². The number of anilines is 2. The lowest BCUT2D eigenvalue weighted by Crippen LogP contribution is -1.91. The highest BCUT2D eigenvalue weighted by molar-refractivity contribution is 6.11. The molecule has 22 heavy (non-hydrogen) atoms. The zero-order chi connectivity index (χ0) is 14.9. The number of aromatic amines is 1. The van der Waals surface area contributed by atoms with Gasteiger partial charge in [-0.25, -0.2) is 0 Å². The molecule has 0 spiro atoms. The Morgan fingerprint density at radius 2 is 1.59 bits per heavy atom. The van der Waals surface area contributed by atoms with E-state index >= 15 is 0 Å². The summed E-state index contributed by atoms with van der Waals surface area (Å²) >= 11 is 0. The molecule has 1 aromatic heterocycles. The average Bonchev–Trinajstić information content (AvgIpc) is 2.95. The summed E-state index contributed by atoms with van der Waals surface area (Å²) in [6, 6.07) is 21.9. The molecule has 0 radical (unpaired) electrons. The van der Waals surface area contributed by atoms with Crippen LogP contribution < -0.4 is 5.32 Å². The number of aromatic nitrogens is 1. The van der Waals surface area contributed by atoms with Gasteiger partial charge < -0.3 is 10.3 Å². The maximum absolute atomic E-state index is 10.7. The fourth-order valence-electron chi connectivity index (χ4n) is 2.78. The highest BCUT2D eigenvalue weighted by Crippen LogP contribution is 2.31. The lowest BCUT2D eigenvalue weighted by Gasteiger charge is -2.07. The van der Waals surface area contributed by atoms with E-state index in [-0.39, 0.29) is 0 Å². The number of carbonyl (C=O) groups is 1. The molecule has 0 fully saturated rings. The zero-order valence-corrected chi connectivity index (χ0v) is 11.8. The molecule has 0 bridgehead atoms. The Balaban J connectivity index is 1.82. The molecule has 0 atom stereocenters. The van der Waals surface area contributed by atoms with Crippen LogP contribution in [0.2, 0.25) is 0 Å². The van der Waals surface area contributed by atoms with Gasteiger partial charge in [0.15, 0.2) is 0 Å². The minimum Gasteiger partial charge on any atom is -0.354 e. The van der Waals surface area contributed by atoms with Crippen molar-refractivity contribution in [1.82, 2.24) is 4.98 Å². The molecule has 3 aromatic carbocycles. The summed E-state index contributed by atoms with van der Waals surface area (Å²) in [6.07, 6.45) is 0.849. The van der Waals surface area contributed by atoms with Gasteiger partial charge in [-0.05, 0) is 36.4 Å². The number of H-pyrrole nitrogens is 1. The number of hydrogen-bond acceptors (Lipinski definition) is 2. The molecule has 0 saturated heterocycles. The average molecular weight is 286 g/mol. The second-order valence-corrected chi connectivity index (χ2v) is 5.26. The Kier molecular flexibility index (Phi) is 2.90. The molecule has 2 N–H and O–H groups in total. The summed E-state index contributed by atoms with van der Waals surface area (Å²) in [5, 5.41) is 5.83. The van der Waals surface area contributed by atoms with E-state index in [1.165, 1.54) is 10.8 Å². The minimum atomic E-state index is 0.675. The van der Waals surface area contributed by atoms with Gasteiger partial charge in [-0.2, -0.15) is 0 Å². The van der Waals surface area contributed by atoms with Gasteiger partial charge in [0.25, 0.3) is 0 Å². The maximum Gasteiger partial charge on any atom is 0.150 e. The SMILES string of the molecule is O=Cc1ccc(Nc2cccc3c2[nH]c2ccccc23)cc1. The summed E-state index contributed by atoms with van der Waals surface area (Å²) in [4.78, 5) is 14.2. The molecule has 0 amide bonds. The van der Waals surface area contributed by atoms with E-state index in [4.69, 9.17) is 0 Å². The van der Waals surface area contributed by atoms with Crippen LogP contribution >= 0.6 is 0 Å². The predicted molar refractivity (Wildman–Crippen MR) is 90.9 cm³/mol. The Labute approximate surface area is 127 Å². The fourth-order valence-corrected chi connectivity index (χ4v) is 2.78. The van der Waals surface area contributed by atoms with E-state index < -0.39 is 0 Å². The van der Waals surface area contributed by atoms with Gasteiger partial charge >= 0.3 is 0 Å². The van der Waals surface area contributed by atoms with Gasteiger partial charge in [-0.3, -0.25) is 4.79 Å². The number of para-hydroxylation sites is 2. The van der Waals surface area contributed by atoms with Crippen LogP contribution in [0, 0.1) is 0 Å². The van der Waals surface area contributed by atoms with Crippen molar-refractivity contribution in [2.75, 3.05) is 5.32 Å². The Morgan fingerprint density at radius 3 is 2.41 bits per heavy atom. The van der Waals surface area contributed by atoms with E-state index in [2.05, 4.69) is 28.5 Å². The predicted octanol–water partition coefficient (Wildman–Crippen LogP) is 4.88. The van der Waals surface area contributed by atoms with E-state index in [0.29, 0.717) is 5.56 Å². The lowest BCUT2D eigenvalue weighted by molar-refractivity contribution is 0.112. The smallest absolute Gasteiger partial charge is 0.150 e. The fraction of sp³-hybridized carbons (Fsp3) is 0. The van der Waals surface area contributed by atoms with Crippen molar-refractivity contribution in [2.24, 2.45) is 0 Å². The molecule has 3 heteroatoms. The maximum atomic E-state index is 10.7. The van der Waals surface area contributed by atoms with Gasteiger partial charge in [0.2, 0.25) is 0 Å². The summed E-state index contributed by atoms with van der Waals surface area (Å²) in [5.74, 6) is 0. The summed E-state index contributed by atoms with van der Waals surface area (Å²) in [7, 11) is 0. The molecule has 0 aliphatic rings. The number of benzene rings is 3. The van der Waals surface area contributed by atoms with Crippen molar-refractivity contribution < 1.29 is 4.79 Å². The summed E-state index contributed by atoms with van der Waals surface area (Å²) < 4.78 is 0. The molecule has 0 aliphatic heterocycles. The van der Waals surface area contributed by atoms with Crippen molar-refractivity contribution in [2.45, 2.75) is 0 Å². The van der Waals surface area contributed by atoms with Gasteiger partial charge in [0.05, 0.1) is 11.2 Å². The quantitative estimate of drug-likeness (QED) is 0.527. The summed E-state index contributed by atoms with van der Waals surface area (Å²) in [5.41, 5.74) is 4.87. The highest BCUT2D eigenvalue weighted by Gasteiger charge is 2.07. The van der Waals surface area contributed by atoms with E-state index in [0.717, 1.165) is 28.7 Å². The molecule has 4 rings (SSSR count). The Morgan fingerprint density at radius 1 is 0.818 bits per heavy atom. The minimum absolute atomic E-state index is 0.675. The summed E-state index contributed by atoms with van der Waals surface area (Å²) in [6.45, 7) is 0. The Hall–Kier alpha value is -3.07. The van der Waals surface area contributed by atoms with Crippen LogP contribution in [-0.4, -0.2) is 11.3 Å². The third kappa shape index (κ3) is 2.04. The first-order valence-corrected chi connectivity index (χ1v) is 7.17. The van der Waals surface area contributed by atoms with Crippen LogP contribution in [0.3, 0.4) is 0 Å². The third-order valence-corrected chi connectivity index (χ3v) is 3.87. The second kappa shape index (κ2) is 5.04. The van der Waals surface area contributed by atoms with Crippen molar-refractivity contribution >= 4 is 39.5 Å². The normalized spacial score (nSPS) is 10.9. The topological polar surface area (TPSA) is 44.9 Å². The lowest BCUT2D eigenvalue weighted by atomic mass is 10.1. The number of carbonyl (C=O) groups excluding carboxylic acids is 1. The number of hydrogen-bond donors (Lipinski definition) is 2. The molecule has 0 aliphatic carbocycles. The standard InChI is InChI=1S/C19H14N2O/c22-12-13-8-10-14(11-9-13)20-18-7-3-5-16-15-4-1-2-6-17(15)21-19(16)18/h1-12,20-21H. The van der Waals surface area contributed by atoms with Crippen LogP contribution in [0.5, 0.6) is 0 Å². The van der Waals surface area contributed by atoms with Crippen LogP contribution in [0.15, 0.2) is 66.7 Å². The first kappa shape index (κ1) is 12.7. The number of aldehydes is 1. The van der Waals surface area contributed by atoms with E-state index in [1.54, 1.807) is 12.1 Å². The molecule has 3 nitrogen and oxygen atoms in total. The number of fused-ring (bicyclic) bond motifs is 3. The van der Waals surface area contributed by atoms with Crippen molar-refractivity contribution in [1.29, 1.82) is 0 Å². The van der Waals surface area contributed by atoms with Gasteiger partial charge in [0, 0.05) is 27.5 Å². The van der Waals surface area contributed by atoms with Crippen molar-refractivity contribution in [3.63, 3.8) is 0 Å². The Bertz CT molecular complexity index is 968. The molecule has 0 unspecified atom stereocenters. The van der Waals surface area contributed by atoms with Gasteiger partial charge in [0.1, 0.15) is 6.29 Å². The van der Waals surface area contributed by atoms with Crippen molar-refractivity contribution in [3.8, 4) is 0 Å². The van der Waals surface area contributed by atoms with Crippen molar-refractivity contribution in [3.05, 3.63) is 72.3 Å². The van der Waals surface area contributed by atoms with Gasteiger partial charge in [-0.1, -0.05) is 30.3 Å². The molecular weight excluding hydrogens is 272 g/mol. The van der Waals surface area contributed by atoms with E-state index in [1.807, 2.05) is 36.4 Å². The van der Waals surface area contributed by atoms with Crippen LogP contribution in [0.4, 0.5) is 11.4 Å². The molecule has 4 aromatic rings. The first-order valence-electron chi connectivity index (χ1n) is 7.17. The van der Waals surface area contributed by atoms with Crippen LogP contribution in [0.1, 0.15) is 10.4 Å². The third-order valence-electron chi connectivity index (χ3n) is 3.87. The van der Waals surface area contributed by atoms with E-state index in [9.17, 15) is 4.79 Å². The highest BCUT2D eigenvalue weighted by atomic mass is 16.1. The number of rotatable bonds is 3. The zero-order valence-electron chi connectivity index (χ0n) is 11.8. The van der Waals surface area contributed by atoms with Crippen LogP contribution in [0.25, 0.3) is 21.8 Å². The first-order chi connectivity index (χ1) is 10.8. The molecular formula is C19H14N2O. The number of nitrogens with one attached hydrogen (secondary N) is 2. The molecule has 0 saturated carbocycles. The molecule has 1 heterocycles. The largest absolute Gasteiger partial charge is 0.354 e. The van der Waals surface area contributed by atoms with Crippen LogP contribution in [-0.2, 0) is 0 Å². The monoisotopic (exact) mass is 286 g/mol. The molecule has 106 valence electrons.